The van der Waals surface area contributed by atoms with Crippen LogP contribution < -0.4 is 4.74 Å². The van der Waals surface area contributed by atoms with Crippen molar-refractivity contribution in [2.24, 2.45) is 0 Å². The van der Waals surface area contributed by atoms with Crippen LogP contribution in [0.3, 0.4) is 0 Å². The summed E-state index contributed by atoms with van der Waals surface area (Å²) in [6.45, 7) is 0.950. The molecule has 0 spiro atoms. The largest absolute Gasteiger partial charge is 0.472 e. The molecular weight excluding hydrogens is 297 g/mol. The minimum absolute atomic E-state index is 0.186. The predicted octanol–water partition coefficient (Wildman–Crippen LogP) is 2.39. The van der Waals surface area contributed by atoms with Crippen LogP contribution in [0, 0.1) is 17.1 Å². The Morgan fingerprint density at radius 2 is 2.26 bits per heavy atom. The third-order valence-corrected chi connectivity index (χ3v) is 3.66. The number of pyridine rings is 1. The molecule has 0 aliphatic carbocycles. The smallest absolute Gasteiger partial charge is 0.254 e. The van der Waals surface area contributed by atoms with Gasteiger partial charge in [-0.3, -0.25) is 4.79 Å². The van der Waals surface area contributed by atoms with Gasteiger partial charge in [0.15, 0.2) is 0 Å². The monoisotopic (exact) mass is 311 g/mol. The summed E-state index contributed by atoms with van der Waals surface area (Å²) in [6, 6.07) is 10.8. The van der Waals surface area contributed by atoms with E-state index in [1.54, 1.807) is 23.1 Å². The average Bonchev–Trinajstić information content (AvgIpc) is 3.03. The molecule has 0 N–H and O–H groups in total. The van der Waals surface area contributed by atoms with Gasteiger partial charge in [0.2, 0.25) is 5.88 Å². The van der Waals surface area contributed by atoms with E-state index in [0.717, 1.165) is 0 Å². The lowest BCUT2D eigenvalue weighted by Crippen LogP contribution is -2.31. The topological polar surface area (TPSA) is 66.2 Å². The molecule has 1 saturated heterocycles. The first-order valence-electron chi connectivity index (χ1n) is 7.23. The van der Waals surface area contributed by atoms with Crippen molar-refractivity contribution >= 4 is 5.91 Å². The number of halogens is 1. The number of amides is 1. The van der Waals surface area contributed by atoms with Gasteiger partial charge in [-0.05, 0) is 24.3 Å². The van der Waals surface area contributed by atoms with E-state index in [-0.39, 0.29) is 12.0 Å². The zero-order chi connectivity index (χ0) is 16.2. The van der Waals surface area contributed by atoms with Crippen molar-refractivity contribution in [2.75, 3.05) is 13.1 Å². The fourth-order valence-corrected chi connectivity index (χ4v) is 2.53. The number of carbonyl (C=O) groups is 1. The van der Waals surface area contributed by atoms with Crippen LogP contribution in [0.5, 0.6) is 5.88 Å². The molecule has 116 valence electrons. The Morgan fingerprint density at radius 1 is 1.39 bits per heavy atom. The molecule has 0 saturated carbocycles. The molecule has 0 bridgehead atoms. The molecule has 5 nitrogen and oxygen atoms in total. The zero-order valence-corrected chi connectivity index (χ0v) is 12.3. The SMILES string of the molecule is N#Cc1ccnc(OC2CCN(C(=O)c3cccc(F)c3)C2)c1. The van der Waals surface area contributed by atoms with Crippen molar-refractivity contribution in [1.82, 2.24) is 9.88 Å². The van der Waals surface area contributed by atoms with Gasteiger partial charge in [0.05, 0.1) is 18.2 Å². The second-order valence-corrected chi connectivity index (χ2v) is 5.28. The molecule has 23 heavy (non-hydrogen) atoms. The molecule has 2 aromatic rings. The maximum absolute atomic E-state index is 13.2. The summed E-state index contributed by atoms with van der Waals surface area (Å²) >= 11 is 0. The average molecular weight is 311 g/mol. The third kappa shape index (κ3) is 3.46. The number of hydrogen-bond acceptors (Lipinski definition) is 4. The van der Waals surface area contributed by atoms with Gasteiger partial charge in [-0.2, -0.15) is 5.26 Å². The van der Waals surface area contributed by atoms with Crippen LogP contribution in [0.25, 0.3) is 0 Å². The van der Waals surface area contributed by atoms with Gasteiger partial charge < -0.3 is 9.64 Å². The number of carbonyl (C=O) groups excluding carboxylic acids is 1. The molecule has 1 atom stereocenters. The fourth-order valence-electron chi connectivity index (χ4n) is 2.53. The lowest BCUT2D eigenvalue weighted by Gasteiger charge is -2.17. The highest BCUT2D eigenvalue weighted by molar-refractivity contribution is 5.94. The minimum atomic E-state index is -0.430. The van der Waals surface area contributed by atoms with E-state index < -0.39 is 5.82 Å². The molecule has 1 aromatic heterocycles. The van der Waals surface area contributed by atoms with E-state index in [1.165, 1.54) is 24.4 Å². The molecule has 0 radical (unpaired) electrons. The normalized spacial score (nSPS) is 16.9. The molecule has 1 aromatic carbocycles. The van der Waals surface area contributed by atoms with Crippen LogP contribution in [0.15, 0.2) is 42.6 Å². The maximum Gasteiger partial charge on any atom is 0.254 e. The lowest BCUT2D eigenvalue weighted by molar-refractivity contribution is 0.0770. The van der Waals surface area contributed by atoms with Crippen molar-refractivity contribution in [2.45, 2.75) is 12.5 Å². The second kappa shape index (κ2) is 6.44. The van der Waals surface area contributed by atoms with E-state index in [4.69, 9.17) is 10.00 Å². The van der Waals surface area contributed by atoms with E-state index >= 15 is 0 Å². The first-order chi connectivity index (χ1) is 11.2. The summed E-state index contributed by atoms with van der Waals surface area (Å²) in [5.41, 5.74) is 0.802. The van der Waals surface area contributed by atoms with Crippen LogP contribution in [-0.2, 0) is 0 Å². The van der Waals surface area contributed by atoms with Gasteiger partial charge in [-0.25, -0.2) is 9.37 Å². The lowest BCUT2D eigenvalue weighted by atomic mass is 10.2. The number of aromatic nitrogens is 1. The van der Waals surface area contributed by atoms with E-state index in [1.807, 2.05) is 6.07 Å². The summed E-state index contributed by atoms with van der Waals surface area (Å²) in [6.07, 6.45) is 1.99. The number of likely N-dealkylation sites (tertiary alicyclic amines) is 1. The first kappa shape index (κ1) is 15.0. The van der Waals surface area contributed by atoms with Crippen LogP contribution >= 0.6 is 0 Å². The Kier molecular flexibility index (Phi) is 4.20. The molecule has 1 fully saturated rings. The number of nitrogens with zero attached hydrogens (tertiary/aromatic N) is 3. The molecule has 1 aliphatic heterocycles. The summed E-state index contributed by atoms with van der Waals surface area (Å²) < 4.78 is 18.9. The number of hydrogen-bond donors (Lipinski definition) is 0. The Morgan fingerprint density at radius 3 is 3.04 bits per heavy atom. The molecule has 1 aliphatic rings. The number of rotatable bonds is 3. The first-order valence-corrected chi connectivity index (χ1v) is 7.23. The van der Waals surface area contributed by atoms with Crippen LogP contribution in [-0.4, -0.2) is 35.0 Å². The van der Waals surface area contributed by atoms with Crippen molar-refractivity contribution in [3.05, 3.63) is 59.5 Å². The molecule has 1 amide bonds. The van der Waals surface area contributed by atoms with Gasteiger partial charge in [0.1, 0.15) is 11.9 Å². The summed E-state index contributed by atoms with van der Waals surface area (Å²) in [5, 5.41) is 8.87. The van der Waals surface area contributed by atoms with Gasteiger partial charge in [-0.1, -0.05) is 6.07 Å². The van der Waals surface area contributed by atoms with Crippen molar-refractivity contribution < 1.29 is 13.9 Å². The van der Waals surface area contributed by atoms with Crippen molar-refractivity contribution in [3.63, 3.8) is 0 Å². The van der Waals surface area contributed by atoms with E-state index in [0.29, 0.717) is 36.5 Å². The van der Waals surface area contributed by atoms with Crippen molar-refractivity contribution in [1.29, 1.82) is 5.26 Å². The Labute approximate surface area is 132 Å². The molecule has 6 heteroatoms. The zero-order valence-electron chi connectivity index (χ0n) is 12.3. The third-order valence-electron chi connectivity index (χ3n) is 3.66. The van der Waals surface area contributed by atoms with Gasteiger partial charge in [0, 0.05) is 30.8 Å². The standard InChI is InChI=1S/C17H14FN3O2/c18-14-3-1-2-13(9-14)17(22)21-7-5-15(11-21)23-16-8-12(10-19)4-6-20-16/h1-4,6,8-9,15H,5,7,11H2. The van der Waals surface area contributed by atoms with Gasteiger partial charge in [-0.15, -0.1) is 0 Å². The Bertz CT molecular complexity index is 772. The molecular formula is C17H14FN3O2. The highest BCUT2D eigenvalue weighted by Gasteiger charge is 2.28. The Balaban J connectivity index is 1.64. The molecule has 2 heterocycles. The van der Waals surface area contributed by atoms with Gasteiger partial charge >= 0.3 is 0 Å². The summed E-state index contributed by atoms with van der Waals surface area (Å²) in [5.74, 6) is -0.274. The van der Waals surface area contributed by atoms with Crippen LogP contribution in [0.2, 0.25) is 0 Å². The van der Waals surface area contributed by atoms with E-state index in [9.17, 15) is 9.18 Å². The molecule has 3 rings (SSSR count). The number of nitriles is 1. The second-order valence-electron chi connectivity index (χ2n) is 5.28. The molecule has 1 unspecified atom stereocenters. The fraction of sp³-hybridized carbons (Fsp3) is 0.235. The van der Waals surface area contributed by atoms with E-state index in [2.05, 4.69) is 4.98 Å². The number of benzene rings is 1. The van der Waals surface area contributed by atoms with Gasteiger partial charge in [0.25, 0.3) is 5.91 Å². The summed E-state index contributed by atoms with van der Waals surface area (Å²) in [4.78, 5) is 18.0. The Hall–Kier alpha value is -2.94. The summed E-state index contributed by atoms with van der Waals surface area (Å²) in [7, 11) is 0. The predicted molar refractivity (Wildman–Crippen MR) is 80.3 cm³/mol. The van der Waals surface area contributed by atoms with Crippen molar-refractivity contribution in [3.8, 4) is 11.9 Å². The minimum Gasteiger partial charge on any atom is -0.472 e. The van der Waals surface area contributed by atoms with Crippen LogP contribution in [0.4, 0.5) is 4.39 Å². The number of ether oxygens (including phenoxy) is 1. The maximum atomic E-state index is 13.2. The van der Waals surface area contributed by atoms with Crippen LogP contribution in [0.1, 0.15) is 22.3 Å². The highest BCUT2D eigenvalue weighted by atomic mass is 19.1. The quantitative estimate of drug-likeness (QED) is 0.873. The highest BCUT2D eigenvalue weighted by Crippen LogP contribution is 2.19.